The molecule has 0 unspecified atom stereocenters. The van der Waals surface area contributed by atoms with Crippen LogP contribution in [-0.2, 0) is 13.1 Å². The summed E-state index contributed by atoms with van der Waals surface area (Å²) in [4.78, 5) is 4.37. The van der Waals surface area contributed by atoms with Crippen LogP contribution in [0.3, 0.4) is 0 Å². The van der Waals surface area contributed by atoms with Crippen molar-refractivity contribution < 1.29 is 0 Å². The molecule has 1 aromatic heterocycles. The van der Waals surface area contributed by atoms with Gasteiger partial charge in [0, 0.05) is 18.9 Å². The van der Waals surface area contributed by atoms with Crippen molar-refractivity contribution in [2.24, 2.45) is 16.6 Å². The van der Waals surface area contributed by atoms with Gasteiger partial charge in [-0.15, -0.1) is 24.0 Å². The van der Waals surface area contributed by atoms with Crippen LogP contribution in [0.15, 0.2) is 47.7 Å². The zero-order valence-electron chi connectivity index (χ0n) is 13.1. The molecule has 0 aliphatic carbocycles. The van der Waals surface area contributed by atoms with Crippen LogP contribution in [0.4, 0.5) is 0 Å². The summed E-state index contributed by atoms with van der Waals surface area (Å²) in [6.07, 6.45) is 3.74. The van der Waals surface area contributed by atoms with E-state index in [4.69, 9.17) is 5.73 Å². The Bertz CT molecular complexity index is 578. The molecule has 0 fully saturated rings. The lowest BCUT2D eigenvalue weighted by atomic mass is 10.1. The monoisotopic (exact) mass is 413 g/mol. The molecular formula is C16H24IN5. The normalized spacial score (nSPS) is 11.3. The van der Waals surface area contributed by atoms with Crippen LogP contribution >= 0.6 is 24.0 Å². The van der Waals surface area contributed by atoms with Gasteiger partial charge >= 0.3 is 0 Å². The molecule has 2 rings (SSSR count). The van der Waals surface area contributed by atoms with E-state index >= 15 is 0 Å². The summed E-state index contributed by atoms with van der Waals surface area (Å²) in [5.41, 5.74) is 8.20. The highest BCUT2D eigenvalue weighted by Crippen LogP contribution is 2.08. The summed E-state index contributed by atoms with van der Waals surface area (Å²) in [6, 6.07) is 10.3. The van der Waals surface area contributed by atoms with Crippen molar-refractivity contribution in [3.63, 3.8) is 0 Å². The molecule has 1 aromatic carbocycles. The zero-order valence-corrected chi connectivity index (χ0v) is 15.4. The molecule has 2 aromatic rings. The van der Waals surface area contributed by atoms with Gasteiger partial charge in [-0.2, -0.15) is 5.10 Å². The second kappa shape index (κ2) is 9.45. The first-order valence-electron chi connectivity index (χ1n) is 7.22. The Hall–Kier alpha value is -1.57. The maximum atomic E-state index is 5.84. The predicted octanol–water partition coefficient (Wildman–Crippen LogP) is 2.61. The smallest absolute Gasteiger partial charge is 0.188 e. The topological polar surface area (TPSA) is 68.2 Å². The molecule has 3 N–H and O–H groups in total. The molecule has 5 nitrogen and oxygen atoms in total. The van der Waals surface area contributed by atoms with Gasteiger partial charge in [0.2, 0.25) is 0 Å². The van der Waals surface area contributed by atoms with Gasteiger partial charge in [0.15, 0.2) is 5.96 Å². The summed E-state index contributed by atoms with van der Waals surface area (Å²) in [6.45, 7) is 6.47. The van der Waals surface area contributed by atoms with Crippen molar-refractivity contribution in [1.29, 1.82) is 0 Å². The van der Waals surface area contributed by atoms with Crippen molar-refractivity contribution in [1.82, 2.24) is 15.1 Å². The molecule has 0 bridgehead atoms. The van der Waals surface area contributed by atoms with Crippen LogP contribution in [0, 0.1) is 5.92 Å². The quantitative estimate of drug-likeness (QED) is 0.435. The van der Waals surface area contributed by atoms with E-state index in [2.05, 4.69) is 47.5 Å². The van der Waals surface area contributed by atoms with E-state index in [-0.39, 0.29) is 24.0 Å². The molecule has 0 spiro atoms. The number of benzene rings is 1. The molecule has 1 heterocycles. The maximum absolute atomic E-state index is 5.84. The lowest BCUT2D eigenvalue weighted by Gasteiger charge is -2.08. The van der Waals surface area contributed by atoms with Crippen LogP contribution in [0.2, 0.25) is 0 Å². The van der Waals surface area contributed by atoms with Gasteiger partial charge in [0.1, 0.15) is 0 Å². The number of guanidine groups is 1. The van der Waals surface area contributed by atoms with E-state index < -0.39 is 0 Å². The molecular weight excluding hydrogens is 389 g/mol. The van der Waals surface area contributed by atoms with Crippen molar-refractivity contribution >= 4 is 29.9 Å². The van der Waals surface area contributed by atoms with Crippen LogP contribution in [-0.4, -0.2) is 22.3 Å². The fraction of sp³-hybridized carbons (Fsp3) is 0.375. The standard InChI is InChI=1S/C16H23N5.HI/c1-13(2)10-18-16(17)19-11-14-5-3-6-15(9-14)12-21-8-4-7-20-21;/h3-9,13H,10-12H2,1-2H3,(H3,17,18,19);1H. The van der Waals surface area contributed by atoms with Gasteiger partial charge in [-0.1, -0.05) is 38.1 Å². The van der Waals surface area contributed by atoms with E-state index in [1.165, 1.54) is 5.56 Å². The number of hydrogen-bond donors (Lipinski definition) is 2. The summed E-state index contributed by atoms with van der Waals surface area (Å²) in [7, 11) is 0. The van der Waals surface area contributed by atoms with Crippen LogP contribution in [0.25, 0.3) is 0 Å². The lowest BCUT2D eigenvalue weighted by Crippen LogP contribution is -2.34. The van der Waals surface area contributed by atoms with Crippen molar-refractivity contribution in [2.45, 2.75) is 26.9 Å². The van der Waals surface area contributed by atoms with Crippen molar-refractivity contribution in [3.05, 3.63) is 53.9 Å². The zero-order chi connectivity index (χ0) is 15.1. The fourth-order valence-corrected chi connectivity index (χ4v) is 1.95. The van der Waals surface area contributed by atoms with Gasteiger partial charge < -0.3 is 11.1 Å². The number of rotatable bonds is 6. The van der Waals surface area contributed by atoms with E-state index in [1.807, 2.05) is 23.0 Å². The minimum absolute atomic E-state index is 0. The second-order valence-corrected chi connectivity index (χ2v) is 5.50. The largest absolute Gasteiger partial charge is 0.370 e. The van der Waals surface area contributed by atoms with Crippen molar-refractivity contribution in [2.75, 3.05) is 6.54 Å². The number of hydrogen-bond acceptors (Lipinski definition) is 2. The average molecular weight is 413 g/mol. The molecule has 0 amide bonds. The minimum Gasteiger partial charge on any atom is -0.370 e. The summed E-state index contributed by atoms with van der Waals surface area (Å²) >= 11 is 0. The molecule has 0 saturated carbocycles. The Balaban J connectivity index is 0.00000242. The first-order chi connectivity index (χ1) is 10.1. The van der Waals surface area contributed by atoms with Crippen LogP contribution in [0.5, 0.6) is 0 Å². The highest BCUT2D eigenvalue weighted by Gasteiger charge is 1.99. The molecule has 0 saturated heterocycles. The SMILES string of the molecule is CC(C)CNC(N)=NCc1cccc(Cn2cccn2)c1.I. The second-order valence-electron chi connectivity index (χ2n) is 5.50. The van der Waals surface area contributed by atoms with E-state index in [0.717, 1.165) is 18.7 Å². The minimum atomic E-state index is 0. The molecule has 0 radical (unpaired) electrons. The highest BCUT2D eigenvalue weighted by molar-refractivity contribution is 14.0. The Morgan fingerprint density at radius 2 is 2.09 bits per heavy atom. The summed E-state index contributed by atoms with van der Waals surface area (Å²) in [5.74, 6) is 1.05. The van der Waals surface area contributed by atoms with Crippen LogP contribution < -0.4 is 11.1 Å². The average Bonchev–Trinajstić information content (AvgIpc) is 2.96. The number of nitrogens with two attached hydrogens (primary N) is 1. The van der Waals surface area contributed by atoms with E-state index in [0.29, 0.717) is 18.4 Å². The number of aliphatic imine (C=N–C) groups is 1. The Labute approximate surface area is 149 Å². The number of nitrogens with one attached hydrogen (secondary N) is 1. The first-order valence-corrected chi connectivity index (χ1v) is 7.22. The molecule has 22 heavy (non-hydrogen) atoms. The Morgan fingerprint density at radius 1 is 1.32 bits per heavy atom. The van der Waals surface area contributed by atoms with Gasteiger partial charge in [-0.05, 0) is 23.1 Å². The third-order valence-electron chi connectivity index (χ3n) is 3.02. The van der Waals surface area contributed by atoms with E-state index in [1.54, 1.807) is 6.20 Å². The molecule has 0 atom stereocenters. The van der Waals surface area contributed by atoms with Gasteiger partial charge in [-0.25, -0.2) is 4.99 Å². The first kappa shape index (κ1) is 18.5. The van der Waals surface area contributed by atoms with Crippen LogP contribution in [0.1, 0.15) is 25.0 Å². The summed E-state index contributed by atoms with van der Waals surface area (Å²) in [5, 5.41) is 7.33. The predicted molar refractivity (Wildman–Crippen MR) is 101 cm³/mol. The van der Waals surface area contributed by atoms with Gasteiger partial charge in [-0.3, -0.25) is 4.68 Å². The number of halogens is 1. The third kappa shape index (κ3) is 6.46. The molecule has 120 valence electrons. The third-order valence-corrected chi connectivity index (χ3v) is 3.02. The van der Waals surface area contributed by atoms with E-state index in [9.17, 15) is 0 Å². The lowest BCUT2D eigenvalue weighted by molar-refractivity contribution is 0.622. The van der Waals surface area contributed by atoms with Crippen molar-refractivity contribution in [3.8, 4) is 0 Å². The fourth-order valence-electron chi connectivity index (χ4n) is 1.95. The van der Waals surface area contributed by atoms with Gasteiger partial charge in [0.05, 0.1) is 13.1 Å². The van der Waals surface area contributed by atoms with Gasteiger partial charge in [0.25, 0.3) is 0 Å². The number of aromatic nitrogens is 2. The number of nitrogens with zero attached hydrogens (tertiary/aromatic N) is 3. The molecule has 0 aliphatic heterocycles. The highest BCUT2D eigenvalue weighted by atomic mass is 127. The Morgan fingerprint density at radius 3 is 2.77 bits per heavy atom. The maximum Gasteiger partial charge on any atom is 0.188 e. The molecule has 0 aliphatic rings. The summed E-state index contributed by atoms with van der Waals surface area (Å²) < 4.78 is 1.90. The Kier molecular flexibility index (Phi) is 7.94. The molecule has 6 heteroatoms.